The average Bonchev–Trinajstić information content (AvgIpc) is 3.15. The first kappa shape index (κ1) is 17.9. The maximum Gasteiger partial charge on any atom is 0.347 e. The molecular weight excluding hydrogens is 350 g/mol. The van der Waals surface area contributed by atoms with Crippen LogP contribution in [0.4, 0.5) is 9.93 Å². The van der Waals surface area contributed by atoms with Crippen LogP contribution in [0.25, 0.3) is 11.3 Å². The van der Waals surface area contributed by atoms with Crippen molar-refractivity contribution >= 4 is 22.5 Å². The summed E-state index contributed by atoms with van der Waals surface area (Å²) in [6.07, 6.45) is 0. The number of benzene rings is 2. The minimum absolute atomic E-state index is 0.377. The molecule has 0 unspecified atom stereocenters. The molecule has 0 saturated heterocycles. The Labute approximate surface area is 156 Å². The molecule has 0 bridgehead atoms. The van der Waals surface area contributed by atoms with Crippen LogP contribution in [0.3, 0.4) is 0 Å². The number of hydrogen-bond donors (Lipinski definition) is 1. The number of hydroxylamine groups is 2. The van der Waals surface area contributed by atoms with Gasteiger partial charge in [-0.3, -0.25) is 10.2 Å². The molecule has 0 spiro atoms. The number of thiazole rings is 1. The number of ether oxygens (including phenoxy) is 1. The molecule has 0 radical (unpaired) electrons. The molecule has 0 aliphatic heterocycles. The van der Waals surface area contributed by atoms with Crippen molar-refractivity contribution in [3.8, 4) is 17.0 Å². The smallest absolute Gasteiger partial charge is 0.347 e. The van der Waals surface area contributed by atoms with Crippen molar-refractivity contribution < 1.29 is 14.4 Å². The Morgan fingerprint density at radius 3 is 2.58 bits per heavy atom. The molecular formula is C19H19N3O3S. The summed E-state index contributed by atoms with van der Waals surface area (Å²) in [6, 6.07) is 17.4. The summed E-state index contributed by atoms with van der Waals surface area (Å²) in [7, 11) is 2.95. The van der Waals surface area contributed by atoms with E-state index in [0.29, 0.717) is 11.7 Å². The van der Waals surface area contributed by atoms with E-state index in [4.69, 9.17) is 9.57 Å². The van der Waals surface area contributed by atoms with Crippen LogP contribution in [0, 0.1) is 0 Å². The van der Waals surface area contributed by atoms with Gasteiger partial charge in [0.1, 0.15) is 12.4 Å². The van der Waals surface area contributed by atoms with Crippen molar-refractivity contribution in [2.24, 2.45) is 0 Å². The number of anilines is 1. The van der Waals surface area contributed by atoms with E-state index in [2.05, 4.69) is 10.3 Å². The zero-order chi connectivity index (χ0) is 18.4. The number of nitrogens with one attached hydrogen (secondary N) is 1. The van der Waals surface area contributed by atoms with Gasteiger partial charge in [0.2, 0.25) is 0 Å². The summed E-state index contributed by atoms with van der Waals surface area (Å²) < 4.78 is 5.79. The van der Waals surface area contributed by atoms with E-state index in [9.17, 15) is 4.79 Å². The van der Waals surface area contributed by atoms with Crippen molar-refractivity contribution in [3.63, 3.8) is 0 Å². The maximum atomic E-state index is 11.8. The van der Waals surface area contributed by atoms with E-state index >= 15 is 0 Å². The first-order valence-electron chi connectivity index (χ1n) is 7.97. The zero-order valence-corrected chi connectivity index (χ0v) is 15.3. The molecule has 2 aromatic carbocycles. The number of amides is 2. The predicted octanol–water partition coefficient (Wildman–Crippen LogP) is 4.41. The molecule has 0 atom stereocenters. The number of hydrogen-bond acceptors (Lipinski definition) is 5. The summed E-state index contributed by atoms with van der Waals surface area (Å²) in [4.78, 5) is 21.0. The first-order chi connectivity index (χ1) is 12.7. The van der Waals surface area contributed by atoms with Crippen LogP contribution in [-0.2, 0) is 11.4 Å². The quantitative estimate of drug-likeness (QED) is 0.654. The number of carbonyl (C=O) groups is 1. The summed E-state index contributed by atoms with van der Waals surface area (Å²) in [5.41, 5.74) is 2.87. The summed E-state index contributed by atoms with van der Waals surface area (Å²) in [5.74, 6) is 0.795. The Morgan fingerprint density at radius 1 is 1.15 bits per heavy atom. The SMILES string of the molecule is CON(C)C(=O)Nc1nc(-c2ccc(OCc3ccccc3)cc2)cs1. The zero-order valence-electron chi connectivity index (χ0n) is 14.5. The van der Waals surface area contributed by atoms with Crippen LogP contribution in [-0.4, -0.2) is 30.2 Å². The van der Waals surface area contributed by atoms with Crippen molar-refractivity contribution in [2.75, 3.05) is 19.5 Å². The highest BCUT2D eigenvalue weighted by atomic mass is 32.1. The van der Waals surface area contributed by atoms with Gasteiger partial charge in [0.05, 0.1) is 12.8 Å². The third kappa shape index (κ3) is 4.59. The van der Waals surface area contributed by atoms with Crippen LogP contribution in [0.2, 0.25) is 0 Å². The lowest BCUT2D eigenvalue weighted by atomic mass is 10.2. The molecule has 1 heterocycles. The van der Waals surface area contributed by atoms with Gasteiger partial charge in [-0.2, -0.15) is 0 Å². The standard InChI is InChI=1S/C19H19N3O3S/c1-22(24-2)19(23)21-18-20-17(13-26-18)15-8-10-16(11-9-15)25-12-14-6-4-3-5-7-14/h3-11,13H,12H2,1-2H3,(H,20,21,23). The largest absolute Gasteiger partial charge is 0.489 e. The second-order valence-electron chi connectivity index (χ2n) is 5.45. The van der Waals surface area contributed by atoms with Gasteiger partial charge in [0.15, 0.2) is 5.13 Å². The fourth-order valence-corrected chi connectivity index (χ4v) is 2.89. The molecule has 0 fully saturated rings. The lowest BCUT2D eigenvalue weighted by Crippen LogP contribution is -2.30. The Morgan fingerprint density at radius 2 is 1.88 bits per heavy atom. The van der Waals surface area contributed by atoms with Gasteiger partial charge in [-0.1, -0.05) is 30.3 Å². The molecule has 26 heavy (non-hydrogen) atoms. The molecule has 1 N–H and O–H groups in total. The monoisotopic (exact) mass is 369 g/mol. The van der Waals surface area contributed by atoms with Crippen molar-refractivity contribution in [1.29, 1.82) is 0 Å². The van der Waals surface area contributed by atoms with Gasteiger partial charge >= 0.3 is 6.03 Å². The lowest BCUT2D eigenvalue weighted by Gasteiger charge is -2.12. The first-order valence-corrected chi connectivity index (χ1v) is 8.85. The minimum atomic E-state index is -0.377. The third-order valence-electron chi connectivity index (χ3n) is 3.68. The highest BCUT2D eigenvalue weighted by Crippen LogP contribution is 2.27. The fraction of sp³-hybridized carbons (Fsp3) is 0.158. The molecule has 134 valence electrons. The van der Waals surface area contributed by atoms with E-state index in [1.807, 2.05) is 60.0 Å². The Bertz CT molecular complexity index is 850. The molecule has 0 aliphatic carbocycles. The second kappa shape index (κ2) is 8.46. The number of aromatic nitrogens is 1. The summed E-state index contributed by atoms with van der Waals surface area (Å²) in [5, 5.41) is 6.18. The fourth-order valence-electron chi connectivity index (χ4n) is 2.18. The second-order valence-corrected chi connectivity index (χ2v) is 6.30. The Hall–Kier alpha value is -2.90. The Balaban J connectivity index is 1.61. The van der Waals surface area contributed by atoms with Crippen molar-refractivity contribution in [1.82, 2.24) is 10.0 Å². The molecule has 7 heteroatoms. The normalized spacial score (nSPS) is 10.4. The van der Waals surface area contributed by atoms with Crippen molar-refractivity contribution in [2.45, 2.75) is 6.61 Å². The van der Waals surface area contributed by atoms with Gasteiger partial charge < -0.3 is 4.74 Å². The predicted molar refractivity (Wildman–Crippen MR) is 102 cm³/mol. The number of nitrogens with zero attached hydrogens (tertiary/aromatic N) is 2. The van der Waals surface area contributed by atoms with E-state index in [1.165, 1.54) is 25.5 Å². The van der Waals surface area contributed by atoms with Gasteiger partial charge in [0, 0.05) is 18.0 Å². The van der Waals surface area contributed by atoms with Crippen LogP contribution >= 0.6 is 11.3 Å². The molecule has 3 aromatic rings. The van der Waals surface area contributed by atoms with E-state index in [1.54, 1.807) is 0 Å². The van der Waals surface area contributed by atoms with Crippen LogP contribution in [0.5, 0.6) is 5.75 Å². The van der Waals surface area contributed by atoms with Gasteiger partial charge in [-0.25, -0.2) is 14.8 Å². The summed E-state index contributed by atoms with van der Waals surface area (Å²) >= 11 is 1.36. The molecule has 0 aliphatic rings. The molecule has 0 saturated carbocycles. The van der Waals surface area contributed by atoms with Crippen LogP contribution in [0.15, 0.2) is 60.0 Å². The van der Waals surface area contributed by atoms with Crippen LogP contribution in [0.1, 0.15) is 5.56 Å². The molecule has 3 rings (SSSR count). The van der Waals surface area contributed by atoms with E-state index in [-0.39, 0.29) is 6.03 Å². The average molecular weight is 369 g/mol. The molecule has 1 aromatic heterocycles. The van der Waals surface area contributed by atoms with E-state index in [0.717, 1.165) is 27.6 Å². The third-order valence-corrected chi connectivity index (χ3v) is 4.43. The topological polar surface area (TPSA) is 63.7 Å². The number of rotatable bonds is 6. The molecule has 2 amide bonds. The van der Waals surface area contributed by atoms with Crippen LogP contribution < -0.4 is 10.1 Å². The van der Waals surface area contributed by atoms with Gasteiger partial charge in [0.25, 0.3) is 0 Å². The minimum Gasteiger partial charge on any atom is -0.489 e. The van der Waals surface area contributed by atoms with E-state index < -0.39 is 0 Å². The summed E-state index contributed by atoms with van der Waals surface area (Å²) in [6.45, 7) is 0.528. The Kier molecular flexibility index (Phi) is 5.83. The van der Waals surface area contributed by atoms with Crippen molar-refractivity contribution in [3.05, 3.63) is 65.5 Å². The van der Waals surface area contributed by atoms with Gasteiger partial charge in [-0.05, 0) is 29.8 Å². The number of carbonyl (C=O) groups excluding carboxylic acids is 1. The molecule has 6 nitrogen and oxygen atoms in total. The van der Waals surface area contributed by atoms with Gasteiger partial charge in [-0.15, -0.1) is 11.3 Å². The maximum absolute atomic E-state index is 11.8. The lowest BCUT2D eigenvalue weighted by molar-refractivity contribution is -0.0598. The highest BCUT2D eigenvalue weighted by molar-refractivity contribution is 7.14. The number of urea groups is 1. The highest BCUT2D eigenvalue weighted by Gasteiger charge is 2.11.